The zero-order valence-electron chi connectivity index (χ0n) is 11.3. The van der Waals surface area contributed by atoms with E-state index in [4.69, 9.17) is 5.11 Å². The van der Waals surface area contributed by atoms with E-state index in [1.165, 1.54) is 0 Å². The summed E-state index contributed by atoms with van der Waals surface area (Å²) in [6.45, 7) is 5.34. The topological polar surface area (TPSA) is 87.0 Å². The van der Waals surface area contributed by atoms with Crippen LogP contribution >= 0.6 is 12.6 Å². The monoisotopic (exact) mass is 285 g/mol. The summed E-state index contributed by atoms with van der Waals surface area (Å²) in [7, 11) is 0. The van der Waals surface area contributed by atoms with Crippen LogP contribution in [0.4, 0.5) is 0 Å². The predicted octanol–water partition coefficient (Wildman–Crippen LogP) is 2.03. The van der Waals surface area contributed by atoms with Crippen molar-refractivity contribution >= 4 is 30.1 Å². The van der Waals surface area contributed by atoms with Crippen LogP contribution in [0.25, 0.3) is 0 Å². The molecule has 0 aromatic rings. The number of allylic oxidation sites excluding steroid dienone is 2. The number of carbonyl (C=O) groups excluding carboxylic acids is 1. The Balaban J connectivity index is 3.11. The lowest BCUT2D eigenvalue weighted by Gasteiger charge is -2.29. The molecule has 1 atom stereocenters. The molecule has 19 heavy (non-hydrogen) atoms. The number of aliphatic hydroxyl groups excluding tert-OH is 1. The number of carbonyl (C=O) groups is 2. The van der Waals surface area contributed by atoms with Crippen molar-refractivity contribution in [1.82, 2.24) is 0 Å². The van der Waals surface area contributed by atoms with Crippen molar-refractivity contribution in [1.29, 1.82) is 0 Å². The van der Waals surface area contributed by atoms with E-state index < -0.39 is 12.0 Å². The van der Waals surface area contributed by atoms with Gasteiger partial charge in [-0.2, -0.15) is 12.6 Å². The number of aliphatic hydroxyl groups is 1. The number of rotatable bonds is 4. The fraction of sp³-hybridized carbons (Fsp3) is 0.615. The van der Waals surface area contributed by atoms with Gasteiger partial charge in [0.1, 0.15) is 5.76 Å². The minimum absolute atomic E-state index is 0.00852. The predicted molar refractivity (Wildman–Crippen MR) is 76.1 cm³/mol. The van der Waals surface area contributed by atoms with E-state index >= 15 is 0 Å². The van der Waals surface area contributed by atoms with Crippen LogP contribution < -0.4 is 0 Å². The quantitative estimate of drug-likeness (QED) is 0.545. The molecule has 0 amide bonds. The Morgan fingerprint density at radius 1 is 1.47 bits per heavy atom. The lowest BCUT2D eigenvalue weighted by molar-refractivity contribution is -0.137. The average Bonchev–Trinajstić information content (AvgIpc) is 2.22. The molecule has 0 spiro atoms. The molecule has 0 unspecified atom stereocenters. The van der Waals surface area contributed by atoms with Gasteiger partial charge in [0.25, 0.3) is 0 Å². The van der Waals surface area contributed by atoms with E-state index in [2.05, 4.69) is 17.6 Å². The standard InChI is InChI=1S/C13H19NO4S/c1-7(14-8(6-19)12(17)18)11-9(15)4-13(2,3)5-10(11)16/h8,15,19H,4-6H2,1-3H3,(H,17,18)/t8-/m0/s1. The number of aliphatic imine (C=N–C) groups is 1. The maximum absolute atomic E-state index is 12.0. The van der Waals surface area contributed by atoms with Crippen LogP contribution in [-0.4, -0.2) is 39.5 Å². The maximum Gasteiger partial charge on any atom is 0.329 e. The third-order valence-corrected chi connectivity index (χ3v) is 3.37. The van der Waals surface area contributed by atoms with Gasteiger partial charge in [0.05, 0.1) is 5.57 Å². The summed E-state index contributed by atoms with van der Waals surface area (Å²) in [5, 5.41) is 18.9. The molecule has 1 aliphatic carbocycles. The van der Waals surface area contributed by atoms with Gasteiger partial charge in [-0.15, -0.1) is 0 Å². The largest absolute Gasteiger partial charge is 0.511 e. The molecule has 1 aliphatic rings. The van der Waals surface area contributed by atoms with Crippen LogP contribution in [-0.2, 0) is 9.59 Å². The van der Waals surface area contributed by atoms with Crippen LogP contribution in [0.1, 0.15) is 33.6 Å². The van der Waals surface area contributed by atoms with Gasteiger partial charge in [-0.05, 0) is 12.3 Å². The molecule has 0 aliphatic heterocycles. The number of nitrogens with zero attached hydrogens (tertiary/aromatic N) is 1. The number of ketones is 1. The molecule has 1 rings (SSSR count). The molecule has 0 saturated heterocycles. The Morgan fingerprint density at radius 3 is 2.47 bits per heavy atom. The molecule has 2 N–H and O–H groups in total. The van der Waals surface area contributed by atoms with Crippen LogP contribution in [0.5, 0.6) is 0 Å². The number of hydrogen-bond acceptors (Lipinski definition) is 5. The highest BCUT2D eigenvalue weighted by Gasteiger charge is 2.34. The Hall–Kier alpha value is -1.30. The Morgan fingerprint density at radius 2 is 2.05 bits per heavy atom. The zero-order chi connectivity index (χ0) is 14.8. The molecule has 0 aromatic carbocycles. The van der Waals surface area contributed by atoms with Crippen molar-refractivity contribution in [2.45, 2.75) is 39.7 Å². The van der Waals surface area contributed by atoms with Crippen molar-refractivity contribution < 1.29 is 19.8 Å². The van der Waals surface area contributed by atoms with Gasteiger partial charge in [-0.3, -0.25) is 9.79 Å². The molecule has 0 radical (unpaired) electrons. The summed E-state index contributed by atoms with van der Waals surface area (Å²) >= 11 is 3.91. The van der Waals surface area contributed by atoms with Crippen LogP contribution in [0.15, 0.2) is 16.3 Å². The van der Waals surface area contributed by atoms with Gasteiger partial charge in [-0.25, -0.2) is 4.79 Å². The number of carboxylic acids is 1. The van der Waals surface area contributed by atoms with Gasteiger partial charge in [0.2, 0.25) is 0 Å². The first kappa shape index (κ1) is 15.8. The highest BCUT2D eigenvalue weighted by Crippen LogP contribution is 2.36. The summed E-state index contributed by atoms with van der Waals surface area (Å²) in [5.41, 5.74) is 0.146. The zero-order valence-corrected chi connectivity index (χ0v) is 12.2. The molecule has 106 valence electrons. The average molecular weight is 285 g/mol. The minimum Gasteiger partial charge on any atom is -0.511 e. The third-order valence-electron chi connectivity index (χ3n) is 3.02. The van der Waals surface area contributed by atoms with Gasteiger partial charge >= 0.3 is 5.97 Å². The second-order valence-corrected chi connectivity index (χ2v) is 5.88. The highest BCUT2D eigenvalue weighted by molar-refractivity contribution is 7.80. The molecule has 5 nitrogen and oxygen atoms in total. The van der Waals surface area contributed by atoms with E-state index in [0.717, 1.165) is 0 Å². The first-order chi connectivity index (χ1) is 8.68. The SMILES string of the molecule is CC(=N[C@@H](CS)C(=O)O)C1=C(O)CC(C)(C)CC1=O. The second kappa shape index (κ2) is 5.77. The van der Waals surface area contributed by atoms with E-state index in [0.29, 0.717) is 12.8 Å². The second-order valence-electron chi connectivity index (χ2n) is 5.51. The molecule has 0 fully saturated rings. The summed E-state index contributed by atoms with van der Waals surface area (Å²) in [4.78, 5) is 26.9. The van der Waals surface area contributed by atoms with Crippen molar-refractivity contribution in [2.75, 3.05) is 5.75 Å². The van der Waals surface area contributed by atoms with Crippen LogP contribution in [0.2, 0.25) is 0 Å². The summed E-state index contributed by atoms with van der Waals surface area (Å²) in [6.07, 6.45) is 0.706. The first-order valence-electron chi connectivity index (χ1n) is 6.01. The molecule has 0 saturated carbocycles. The van der Waals surface area contributed by atoms with Gasteiger partial charge in [0.15, 0.2) is 11.8 Å². The molecular formula is C13H19NO4S. The third kappa shape index (κ3) is 3.83. The van der Waals surface area contributed by atoms with E-state index in [1.807, 2.05) is 13.8 Å². The highest BCUT2D eigenvalue weighted by atomic mass is 32.1. The summed E-state index contributed by atoms with van der Waals surface area (Å²) in [5.74, 6) is -1.26. The van der Waals surface area contributed by atoms with E-state index in [1.54, 1.807) is 6.92 Å². The summed E-state index contributed by atoms with van der Waals surface area (Å²) < 4.78 is 0. The lowest BCUT2D eigenvalue weighted by Crippen LogP contribution is -2.30. The molecule has 0 aromatic heterocycles. The van der Waals surface area contributed by atoms with Crippen molar-refractivity contribution in [3.8, 4) is 0 Å². The van der Waals surface area contributed by atoms with Crippen LogP contribution in [0, 0.1) is 5.41 Å². The molecule has 0 bridgehead atoms. The molecule has 0 heterocycles. The maximum atomic E-state index is 12.0. The van der Waals surface area contributed by atoms with Crippen molar-refractivity contribution in [3.05, 3.63) is 11.3 Å². The fourth-order valence-corrected chi connectivity index (χ4v) is 2.41. The Kier molecular flexibility index (Phi) is 4.79. The normalized spacial score (nSPS) is 21.5. The van der Waals surface area contributed by atoms with Gasteiger partial charge in [0, 0.05) is 24.3 Å². The van der Waals surface area contributed by atoms with Gasteiger partial charge < -0.3 is 10.2 Å². The minimum atomic E-state index is -1.10. The smallest absolute Gasteiger partial charge is 0.329 e. The number of hydrogen-bond donors (Lipinski definition) is 3. The number of thiol groups is 1. The van der Waals surface area contributed by atoms with E-state index in [9.17, 15) is 14.7 Å². The fourth-order valence-electron chi connectivity index (χ4n) is 2.17. The number of aliphatic carboxylic acids is 1. The number of carboxylic acid groups (broad SMARTS) is 1. The number of Topliss-reactive ketones (excluding diaryl/α,β-unsaturated/α-hetero) is 1. The van der Waals surface area contributed by atoms with Crippen LogP contribution in [0.3, 0.4) is 0 Å². The molecular weight excluding hydrogens is 266 g/mol. The van der Waals surface area contributed by atoms with E-state index in [-0.39, 0.29) is 34.0 Å². The molecule has 6 heteroatoms. The Bertz CT molecular complexity index is 465. The van der Waals surface area contributed by atoms with Crippen molar-refractivity contribution in [2.24, 2.45) is 10.4 Å². The van der Waals surface area contributed by atoms with Crippen molar-refractivity contribution in [3.63, 3.8) is 0 Å². The lowest BCUT2D eigenvalue weighted by atomic mass is 9.76. The first-order valence-corrected chi connectivity index (χ1v) is 6.65. The Labute approximate surface area is 117 Å². The summed E-state index contributed by atoms with van der Waals surface area (Å²) in [6, 6.07) is -1.01. The van der Waals surface area contributed by atoms with Gasteiger partial charge in [-0.1, -0.05) is 13.8 Å².